The SMILES string of the molecule is COc1cccc(CN2CCCC3(CCN(CC4CCC4)C3)C2)c1OC. The summed E-state index contributed by atoms with van der Waals surface area (Å²) in [6.07, 6.45) is 8.49. The molecule has 1 atom stereocenters. The number of rotatable bonds is 6. The second kappa shape index (κ2) is 7.77. The summed E-state index contributed by atoms with van der Waals surface area (Å²) in [5, 5.41) is 0. The average molecular weight is 359 g/mol. The predicted molar refractivity (Wildman–Crippen MR) is 105 cm³/mol. The molecule has 0 amide bonds. The van der Waals surface area contributed by atoms with Crippen molar-refractivity contribution in [1.29, 1.82) is 0 Å². The largest absolute Gasteiger partial charge is 0.493 e. The second-order valence-corrected chi connectivity index (χ2v) is 8.75. The van der Waals surface area contributed by atoms with E-state index in [1.807, 2.05) is 6.07 Å². The normalized spacial score (nSPS) is 27.6. The number of hydrogen-bond donors (Lipinski definition) is 0. The molecule has 1 aliphatic carbocycles. The van der Waals surface area contributed by atoms with Gasteiger partial charge >= 0.3 is 0 Å². The van der Waals surface area contributed by atoms with Crippen LogP contribution in [-0.4, -0.2) is 56.7 Å². The molecule has 1 aromatic rings. The van der Waals surface area contributed by atoms with E-state index in [0.29, 0.717) is 5.41 Å². The molecule has 3 fully saturated rings. The van der Waals surface area contributed by atoms with Gasteiger partial charge in [0.25, 0.3) is 0 Å². The van der Waals surface area contributed by atoms with E-state index >= 15 is 0 Å². The molecule has 0 radical (unpaired) electrons. The Labute approximate surface area is 158 Å². The van der Waals surface area contributed by atoms with Gasteiger partial charge in [-0.3, -0.25) is 4.90 Å². The van der Waals surface area contributed by atoms with Crippen molar-refractivity contribution >= 4 is 0 Å². The Morgan fingerprint density at radius 2 is 1.85 bits per heavy atom. The van der Waals surface area contributed by atoms with Gasteiger partial charge in [0.05, 0.1) is 14.2 Å². The Hall–Kier alpha value is -1.26. The zero-order chi connectivity index (χ0) is 18.0. The summed E-state index contributed by atoms with van der Waals surface area (Å²) in [6, 6.07) is 6.24. The summed E-state index contributed by atoms with van der Waals surface area (Å²) in [7, 11) is 3.46. The fourth-order valence-corrected chi connectivity index (χ4v) is 5.32. The van der Waals surface area contributed by atoms with Crippen LogP contribution in [0.25, 0.3) is 0 Å². The highest BCUT2D eigenvalue weighted by Crippen LogP contribution is 2.41. The quantitative estimate of drug-likeness (QED) is 0.772. The molecule has 4 heteroatoms. The van der Waals surface area contributed by atoms with Crippen LogP contribution in [0.3, 0.4) is 0 Å². The van der Waals surface area contributed by atoms with Crippen molar-refractivity contribution < 1.29 is 9.47 Å². The number of methoxy groups -OCH3 is 2. The van der Waals surface area contributed by atoms with E-state index in [4.69, 9.17) is 9.47 Å². The third-order valence-corrected chi connectivity index (χ3v) is 6.88. The van der Waals surface area contributed by atoms with Crippen molar-refractivity contribution in [2.24, 2.45) is 11.3 Å². The van der Waals surface area contributed by atoms with Crippen LogP contribution in [0.4, 0.5) is 0 Å². The number of piperidine rings is 1. The molecule has 2 heterocycles. The zero-order valence-corrected chi connectivity index (χ0v) is 16.5. The molecule has 1 unspecified atom stereocenters. The minimum atomic E-state index is 0.522. The standard InChI is InChI=1S/C22H34N2O2/c1-25-20-9-4-8-19(21(20)26-2)15-23-12-5-10-22(16-23)11-13-24(17-22)14-18-6-3-7-18/h4,8-9,18H,3,5-7,10-17H2,1-2H3. The summed E-state index contributed by atoms with van der Waals surface area (Å²) >= 11 is 0. The van der Waals surface area contributed by atoms with Crippen molar-refractivity contribution in [1.82, 2.24) is 9.80 Å². The Morgan fingerprint density at radius 1 is 1.00 bits per heavy atom. The molecule has 3 aliphatic rings. The van der Waals surface area contributed by atoms with E-state index < -0.39 is 0 Å². The van der Waals surface area contributed by atoms with Crippen LogP contribution < -0.4 is 9.47 Å². The lowest BCUT2D eigenvalue weighted by Gasteiger charge is -2.41. The van der Waals surface area contributed by atoms with Crippen LogP contribution in [0.5, 0.6) is 11.5 Å². The molecule has 1 aromatic carbocycles. The lowest BCUT2D eigenvalue weighted by Crippen LogP contribution is -2.44. The highest BCUT2D eigenvalue weighted by atomic mass is 16.5. The van der Waals surface area contributed by atoms with Crippen LogP contribution in [-0.2, 0) is 6.54 Å². The molecule has 2 saturated heterocycles. The predicted octanol–water partition coefficient (Wildman–Crippen LogP) is 3.79. The maximum Gasteiger partial charge on any atom is 0.165 e. The molecular weight excluding hydrogens is 324 g/mol. The lowest BCUT2D eigenvalue weighted by atomic mass is 9.79. The van der Waals surface area contributed by atoms with Gasteiger partial charge in [0.1, 0.15) is 0 Å². The highest BCUT2D eigenvalue weighted by Gasteiger charge is 2.41. The molecule has 1 saturated carbocycles. The van der Waals surface area contributed by atoms with Gasteiger partial charge in [-0.05, 0) is 62.6 Å². The summed E-state index contributed by atoms with van der Waals surface area (Å²) < 4.78 is 11.1. The number of benzene rings is 1. The summed E-state index contributed by atoms with van der Waals surface area (Å²) in [6.45, 7) is 7.37. The molecule has 144 valence electrons. The topological polar surface area (TPSA) is 24.9 Å². The Balaban J connectivity index is 1.40. The Bertz CT molecular complexity index is 616. The number of ether oxygens (including phenoxy) is 2. The number of nitrogens with zero attached hydrogens (tertiary/aromatic N) is 2. The summed E-state index contributed by atoms with van der Waals surface area (Å²) in [5.41, 5.74) is 1.77. The summed E-state index contributed by atoms with van der Waals surface area (Å²) in [5.74, 6) is 2.72. The van der Waals surface area contributed by atoms with E-state index in [2.05, 4.69) is 21.9 Å². The first-order chi connectivity index (χ1) is 12.7. The van der Waals surface area contributed by atoms with Crippen LogP contribution in [0, 0.1) is 11.3 Å². The van der Waals surface area contributed by atoms with Crippen molar-refractivity contribution in [2.75, 3.05) is 46.9 Å². The van der Waals surface area contributed by atoms with Gasteiger partial charge in [-0.1, -0.05) is 18.6 Å². The van der Waals surface area contributed by atoms with Gasteiger partial charge in [-0.25, -0.2) is 0 Å². The minimum Gasteiger partial charge on any atom is -0.493 e. The molecular formula is C22H34N2O2. The first-order valence-electron chi connectivity index (χ1n) is 10.4. The molecule has 4 nitrogen and oxygen atoms in total. The fraction of sp³-hybridized carbons (Fsp3) is 0.727. The third-order valence-electron chi connectivity index (χ3n) is 6.88. The first kappa shape index (κ1) is 18.1. The number of likely N-dealkylation sites (tertiary alicyclic amines) is 2. The van der Waals surface area contributed by atoms with E-state index in [1.54, 1.807) is 14.2 Å². The van der Waals surface area contributed by atoms with Crippen molar-refractivity contribution in [3.05, 3.63) is 23.8 Å². The molecule has 2 aliphatic heterocycles. The van der Waals surface area contributed by atoms with Crippen molar-refractivity contribution in [2.45, 2.75) is 45.1 Å². The van der Waals surface area contributed by atoms with E-state index in [-0.39, 0.29) is 0 Å². The average Bonchev–Trinajstić information content (AvgIpc) is 3.00. The van der Waals surface area contributed by atoms with Crippen LogP contribution in [0.1, 0.15) is 44.1 Å². The molecule has 0 N–H and O–H groups in total. The maximum absolute atomic E-state index is 5.65. The zero-order valence-electron chi connectivity index (χ0n) is 16.5. The monoisotopic (exact) mass is 358 g/mol. The molecule has 26 heavy (non-hydrogen) atoms. The second-order valence-electron chi connectivity index (χ2n) is 8.75. The van der Waals surface area contributed by atoms with Gasteiger partial charge < -0.3 is 14.4 Å². The van der Waals surface area contributed by atoms with Gasteiger partial charge in [0.15, 0.2) is 11.5 Å². The molecule has 0 bridgehead atoms. The van der Waals surface area contributed by atoms with Gasteiger partial charge in [0, 0.05) is 31.7 Å². The smallest absolute Gasteiger partial charge is 0.165 e. The van der Waals surface area contributed by atoms with Crippen LogP contribution >= 0.6 is 0 Å². The van der Waals surface area contributed by atoms with Gasteiger partial charge in [0.2, 0.25) is 0 Å². The van der Waals surface area contributed by atoms with Crippen molar-refractivity contribution in [3.8, 4) is 11.5 Å². The van der Waals surface area contributed by atoms with Gasteiger partial charge in [-0.2, -0.15) is 0 Å². The van der Waals surface area contributed by atoms with Crippen LogP contribution in [0.15, 0.2) is 18.2 Å². The van der Waals surface area contributed by atoms with E-state index in [1.165, 1.54) is 76.8 Å². The Kier molecular flexibility index (Phi) is 5.42. The first-order valence-corrected chi connectivity index (χ1v) is 10.4. The fourth-order valence-electron chi connectivity index (χ4n) is 5.32. The minimum absolute atomic E-state index is 0.522. The van der Waals surface area contributed by atoms with Gasteiger partial charge in [-0.15, -0.1) is 0 Å². The maximum atomic E-state index is 5.65. The van der Waals surface area contributed by atoms with E-state index in [0.717, 1.165) is 24.0 Å². The number of para-hydroxylation sites is 1. The van der Waals surface area contributed by atoms with Crippen LogP contribution in [0.2, 0.25) is 0 Å². The highest BCUT2D eigenvalue weighted by molar-refractivity contribution is 5.46. The van der Waals surface area contributed by atoms with Crippen molar-refractivity contribution in [3.63, 3.8) is 0 Å². The molecule has 4 rings (SSSR count). The molecule has 1 spiro atoms. The number of hydrogen-bond acceptors (Lipinski definition) is 4. The summed E-state index contributed by atoms with van der Waals surface area (Å²) in [4.78, 5) is 5.41. The lowest BCUT2D eigenvalue weighted by molar-refractivity contribution is 0.0821. The molecule has 0 aromatic heterocycles. The Morgan fingerprint density at radius 3 is 2.58 bits per heavy atom. The third kappa shape index (κ3) is 3.72. The van der Waals surface area contributed by atoms with E-state index in [9.17, 15) is 0 Å².